The van der Waals surface area contributed by atoms with Gasteiger partial charge in [0.2, 0.25) is 17.7 Å². The van der Waals surface area contributed by atoms with Crippen molar-refractivity contribution in [3.05, 3.63) is 117 Å². The van der Waals surface area contributed by atoms with Crippen LogP contribution < -0.4 is 19.8 Å². The molecule has 47 heavy (non-hydrogen) atoms. The van der Waals surface area contributed by atoms with Gasteiger partial charge in [0.05, 0.1) is 29.3 Å². The van der Waals surface area contributed by atoms with Gasteiger partial charge in [0.25, 0.3) is 0 Å². The van der Waals surface area contributed by atoms with Gasteiger partial charge in [-0.25, -0.2) is 4.90 Å². The van der Waals surface area contributed by atoms with E-state index in [1.54, 1.807) is 30.3 Å². The molecule has 1 fully saturated rings. The molecule has 3 amide bonds. The summed E-state index contributed by atoms with van der Waals surface area (Å²) in [6, 6.07) is 23.9. The Kier molecular flexibility index (Phi) is 7.68. The van der Waals surface area contributed by atoms with E-state index in [9.17, 15) is 32.3 Å². The number of methoxy groups -OCH3 is 1. The zero-order valence-corrected chi connectivity index (χ0v) is 26.1. The molecule has 1 N–H and O–H groups in total. The number of imide groups is 1. The van der Waals surface area contributed by atoms with Gasteiger partial charge < -0.3 is 10.1 Å². The third-order valence-electron chi connectivity index (χ3n) is 8.32. The van der Waals surface area contributed by atoms with E-state index in [0.29, 0.717) is 26.9 Å². The molecule has 5 aromatic rings. The lowest BCUT2D eigenvalue weighted by atomic mass is 9.83. The Balaban J connectivity index is 1.28. The molecule has 8 nitrogen and oxygen atoms in total. The number of nitrogens with zero attached hydrogens (tertiary/aromatic N) is 2. The van der Waals surface area contributed by atoms with Crippen molar-refractivity contribution in [1.29, 1.82) is 0 Å². The first-order valence-corrected chi connectivity index (χ1v) is 16.1. The maximum atomic E-state index is 14.0. The quantitative estimate of drug-likeness (QED) is 0.206. The highest BCUT2D eigenvalue weighted by Crippen LogP contribution is 2.54. The molecule has 3 unspecified atom stereocenters. The second-order valence-electron chi connectivity index (χ2n) is 11.1. The second kappa shape index (κ2) is 11.7. The van der Waals surface area contributed by atoms with E-state index in [-0.39, 0.29) is 12.2 Å². The van der Waals surface area contributed by atoms with Crippen LogP contribution in [0.15, 0.2) is 101 Å². The van der Waals surface area contributed by atoms with Crippen molar-refractivity contribution in [2.75, 3.05) is 17.3 Å². The maximum Gasteiger partial charge on any atom is 0.416 e. The van der Waals surface area contributed by atoms with Crippen LogP contribution in [-0.2, 0) is 27.1 Å². The number of nitrogens with one attached hydrogen (secondary N) is 1. The molecule has 1 aromatic heterocycles. The zero-order chi connectivity index (χ0) is 33.0. The minimum absolute atomic E-state index is 0.187. The molecule has 2 aliphatic rings. The fourth-order valence-electron chi connectivity index (χ4n) is 6.17. The Morgan fingerprint density at radius 3 is 2.38 bits per heavy atom. The lowest BCUT2D eigenvalue weighted by molar-refractivity contribution is -0.137. The van der Waals surface area contributed by atoms with Crippen LogP contribution in [0.4, 0.5) is 24.5 Å². The number of benzene rings is 4. The van der Waals surface area contributed by atoms with Crippen LogP contribution in [0.3, 0.4) is 0 Å². The van der Waals surface area contributed by atoms with E-state index in [0.717, 1.165) is 57.0 Å². The highest BCUT2D eigenvalue weighted by molar-refractivity contribution is 8.00. The van der Waals surface area contributed by atoms with Crippen LogP contribution in [0.2, 0.25) is 0 Å². The summed E-state index contributed by atoms with van der Waals surface area (Å²) < 4.78 is 47.3. The van der Waals surface area contributed by atoms with E-state index < -0.39 is 51.4 Å². The number of ether oxygens (including phenoxy) is 1. The van der Waals surface area contributed by atoms with Crippen molar-refractivity contribution in [3.8, 4) is 5.75 Å². The summed E-state index contributed by atoms with van der Waals surface area (Å²) in [5, 5.41) is 3.94. The first-order chi connectivity index (χ1) is 22.5. The van der Waals surface area contributed by atoms with E-state index in [1.807, 2.05) is 36.4 Å². The molecule has 0 bridgehead atoms. The molecule has 7 rings (SSSR count). The topological polar surface area (TPSA) is 97.7 Å². The molecule has 2 aliphatic heterocycles. The average molecular weight is 676 g/mol. The van der Waals surface area contributed by atoms with Gasteiger partial charge in [-0.3, -0.25) is 23.7 Å². The Bertz CT molecular complexity index is 2120. The zero-order valence-electron chi connectivity index (χ0n) is 24.5. The van der Waals surface area contributed by atoms with Crippen molar-refractivity contribution in [3.63, 3.8) is 0 Å². The van der Waals surface area contributed by atoms with E-state index in [4.69, 9.17) is 4.74 Å². The van der Waals surface area contributed by atoms with Gasteiger partial charge in [0.15, 0.2) is 0 Å². The first kappa shape index (κ1) is 30.8. The van der Waals surface area contributed by atoms with Crippen LogP contribution in [-0.4, -0.2) is 34.6 Å². The minimum Gasteiger partial charge on any atom is -0.497 e. The fourth-order valence-corrected chi connectivity index (χ4v) is 8.94. The number of anilines is 2. The number of carbonyl (C=O) groups excluding carboxylic acids is 3. The summed E-state index contributed by atoms with van der Waals surface area (Å²) in [4.78, 5) is 55.7. The normalized spacial score (nSPS) is 19.1. The Morgan fingerprint density at radius 1 is 0.915 bits per heavy atom. The van der Waals surface area contributed by atoms with Gasteiger partial charge in [-0.1, -0.05) is 77.7 Å². The van der Waals surface area contributed by atoms with Gasteiger partial charge in [0.1, 0.15) is 17.5 Å². The standard InChI is InChI=1S/C34H24F3N3O5S2/c1-45-22-14-12-19(13-15-22)26-27-28(31(43)40(30(27)42)21-9-5-8-20(16-21)34(35,36)37)46-32-29(26)47-33(44)39(32)17-25(41)38-24-11-4-7-18-6-2-3-10-23(18)24/h2-16,26-28H,17H2,1H3,(H,38,41). The van der Waals surface area contributed by atoms with Crippen molar-refractivity contribution < 1.29 is 32.3 Å². The number of thioether (sulfide) groups is 1. The average Bonchev–Trinajstić information content (AvgIpc) is 3.50. The van der Waals surface area contributed by atoms with Crippen LogP contribution in [0.1, 0.15) is 21.9 Å². The second-order valence-corrected chi connectivity index (χ2v) is 13.2. The van der Waals surface area contributed by atoms with Crippen molar-refractivity contribution in [2.24, 2.45) is 5.92 Å². The molecule has 0 saturated carbocycles. The first-order valence-electron chi connectivity index (χ1n) is 14.4. The predicted molar refractivity (Wildman–Crippen MR) is 173 cm³/mol. The highest BCUT2D eigenvalue weighted by Gasteiger charge is 2.57. The Labute approximate surface area is 273 Å². The molecule has 1 saturated heterocycles. The molecule has 13 heteroatoms. The smallest absolute Gasteiger partial charge is 0.416 e. The predicted octanol–water partition coefficient (Wildman–Crippen LogP) is 6.52. The number of alkyl halides is 3. The summed E-state index contributed by atoms with van der Waals surface area (Å²) in [7, 11) is 1.50. The monoisotopic (exact) mass is 675 g/mol. The van der Waals surface area contributed by atoms with E-state index >= 15 is 0 Å². The summed E-state index contributed by atoms with van der Waals surface area (Å²) >= 11 is 1.87. The number of fused-ring (bicyclic) bond motifs is 3. The highest BCUT2D eigenvalue weighted by atomic mass is 32.2. The molecule has 238 valence electrons. The van der Waals surface area contributed by atoms with Gasteiger partial charge >= 0.3 is 11.0 Å². The van der Waals surface area contributed by atoms with Crippen LogP contribution in [0.5, 0.6) is 5.75 Å². The third-order valence-corrected chi connectivity index (χ3v) is 10.9. The lowest BCUT2D eigenvalue weighted by Gasteiger charge is -2.30. The Morgan fingerprint density at radius 2 is 1.64 bits per heavy atom. The Hall–Kier alpha value is -4.88. The molecule has 4 aromatic carbocycles. The molecular weight excluding hydrogens is 652 g/mol. The molecule has 0 radical (unpaired) electrons. The summed E-state index contributed by atoms with van der Waals surface area (Å²) in [5.74, 6) is -3.08. The van der Waals surface area contributed by atoms with Crippen LogP contribution in [0.25, 0.3) is 10.8 Å². The number of carbonyl (C=O) groups is 3. The molecule has 3 heterocycles. The van der Waals surface area contributed by atoms with Gasteiger partial charge in [-0.2, -0.15) is 13.2 Å². The summed E-state index contributed by atoms with van der Waals surface area (Å²) in [5.41, 5.74) is 0.00821. The largest absolute Gasteiger partial charge is 0.497 e. The molecule has 0 spiro atoms. The minimum atomic E-state index is -4.68. The summed E-state index contributed by atoms with van der Waals surface area (Å²) in [6.07, 6.45) is -4.68. The van der Waals surface area contributed by atoms with E-state index in [1.165, 1.54) is 17.7 Å². The molecule has 3 atom stereocenters. The van der Waals surface area contributed by atoms with Crippen LogP contribution >= 0.6 is 23.1 Å². The fraction of sp³-hybridized carbons (Fsp3) is 0.176. The van der Waals surface area contributed by atoms with E-state index in [2.05, 4.69) is 5.32 Å². The van der Waals surface area contributed by atoms with Gasteiger partial charge in [-0.15, -0.1) is 0 Å². The third kappa shape index (κ3) is 5.38. The van der Waals surface area contributed by atoms with Crippen molar-refractivity contribution >= 4 is 63.0 Å². The van der Waals surface area contributed by atoms with Crippen LogP contribution in [0, 0.1) is 5.92 Å². The van der Waals surface area contributed by atoms with Gasteiger partial charge in [0, 0.05) is 21.9 Å². The summed E-state index contributed by atoms with van der Waals surface area (Å²) in [6.45, 7) is -0.354. The number of rotatable bonds is 6. The number of halogens is 3. The SMILES string of the molecule is COc1ccc(C2c3sc(=O)n(CC(=O)Nc4cccc5ccccc45)c3SC3C(=O)N(c4cccc(C(F)(F)F)c4)C(=O)C32)cc1. The molecular formula is C34H24F3N3O5S2. The number of hydrogen-bond donors (Lipinski definition) is 1. The number of hydrogen-bond acceptors (Lipinski definition) is 7. The van der Waals surface area contributed by atoms with Gasteiger partial charge in [-0.05, 0) is 47.3 Å². The maximum absolute atomic E-state index is 14.0. The number of thiazole rings is 1. The lowest BCUT2D eigenvalue weighted by Crippen LogP contribution is -2.33. The van der Waals surface area contributed by atoms with Crippen molar-refractivity contribution in [2.45, 2.75) is 28.9 Å². The number of aromatic nitrogens is 1. The molecule has 0 aliphatic carbocycles. The number of amides is 3. The van der Waals surface area contributed by atoms with Crippen molar-refractivity contribution in [1.82, 2.24) is 4.57 Å².